The second-order valence-electron chi connectivity index (χ2n) is 9.79. The molecule has 0 bridgehead atoms. The van der Waals surface area contributed by atoms with Gasteiger partial charge in [0.25, 0.3) is 40.5 Å². The summed E-state index contributed by atoms with van der Waals surface area (Å²) in [6, 6.07) is 12.9. The number of phenolic OH excluding ortho intramolecular Hbond substituents is 1. The molecule has 0 radical (unpaired) electrons. The van der Waals surface area contributed by atoms with Gasteiger partial charge in [-0.3, -0.25) is 18.2 Å². The molecule has 0 spiro atoms. The van der Waals surface area contributed by atoms with Gasteiger partial charge in [-0.15, -0.1) is 15.3 Å². The van der Waals surface area contributed by atoms with Gasteiger partial charge in [0, 0.05) is 16.2 Å². The van der Waals surface area contributed by atoms with Crippen LogP contribution in [0.15, 0.2) is 113 Å². The van der Waals surface area contributed by atoms with Crippen molar-refractivity contribution in [2.75, 3.05) is 5.73 Å². The molecule has 52 heavy (non-hydrogen) atoms. The average Bonchev–Trinajstić information content (AvgIpc) is 2.97. The first-order valence-corrected chi connectivity index (χ1v) is 18.4. The number of azo groups is 2. The molecule has 0 fully saturated rings. The Hall–Kier alpha value is -0.940. The minimum absolute atomic E-state index is 0. The number of nitrogens with two attached hydrogens (primary N) is 1. The normalized spacial score (nSPS) is 12.2. The summed E-state index contributed by atoms with van der Waals surface area (Å²) in [6.45, 7) is 0. The quantitative estimate of drug-likeness (QED) is 0.0567. The van der Waals surface area contributed by atoms with Gasteiger partial charge < -0.3 is 10.8 Å². The van der Waals surface area contributed by atoms with Crippen LogP contribution in [-0.2, 0) is 40.5 Å². The third kappa shape index (κ3) is 11.1. The summed E-state index contributed by atoms with van der Waals surface area (Å²) >= 11 is 0. The molecule has 0 aliphatic carbocycles. The summed E-state index contributed by atoms with van der Waals surface area (Å²) in [5, 5.41) is 26.3. The van der Waals surface area contributed by atoms with Crippen LogP contribution < -0.4 is 5.73 Å². The Kier molecular flexibility index (Phi) is 17.3. The zero-order valence-corrected chi connectivity index (χ0v) is 26.7. The van der Waals surface area contributed by atoms with Crippen LogP contribution in [0.3, 0.4) is 0 Å². The molecule has 7 N–H and O–H groups in total. The van der Waals surface area contributed by atoms with E-state index in [0.29, 0.717) is 0 Å². The van der Waals surface area contributed by atoms with Crippen LogP contribution in [-0.4, -0.2) is 175 Å². The van der Waals surface area contributed by atoms with Gasteiger partial charge in [0.15, 0.2) is 5.75 Å². The Labute approximate surface area is 384 Å². The summed E-state index contributed by atoms with van der Waals surface area (Å²) < 4.78 is 132. The van der Waals surface area contributed by atoms with E-state index in [9.17, 15) is 52.4 Å². The van der Waals surface area contributed by atoms with Gasteiger partial charge in [0.2, 0.25) is 0 Å². The third-order valence-electron chi connectivity index (χ3n) is 6.64. The third-order valence-corrected chi connectivity index (χ3v) is 10.1. The molecule has 0 aromatic heterocycles. The fraction of sp³-hybridized carbons (Fsp3) is 0. The van der Waals surface area contributed by atoms with E-state index in [1.54, 1.807) is 0 Å². The molecular weight excluding hydrogens is 811 g/mol. The van der Waals surface area contributed by atoms with E-state index < -0.39 is 72.3 Å². The maximum atomic E-state index is 12.3. The standard InChI is InChI=1S/C26H19N5O13S4.4Na.4H/c27-20-12-18-13(9-23(20)47(39,40)41)10-24(48(42,43)44)25(26(18)32)31-30-22-8-7-21(17-6-5-16(11-19(17)22)46(36,37)38)29-28-14-1-3-15(4-2-14)45(33,34)35;;;;;;;;/h1-12,32H,27H2,(H,33,34,35)(H,36,37,38)(H,39,40,41)(H,42,43,44);;;;;;;;. The Balaban J connectivity index is 0.00000338. The van der Waals surface area contributed by atoms with Crippen molar-refractivity contribution in [3.05, 3.63) is 72.8 Å². The molecule has 5 aromatic rings. The minimum atomic E-state index is -5.17. The van der Waals surface area contributed by atoms with Gasteiger partial charge in [-0.25, -0.2) is 0 Å². The Bertz CT molecular complexity index is 2700. The van der Waals surface area contributed by atoms with Crippen LogP contribution in [0.4, 0.5) is 28.4 Å². The average molecular weight is 834 g/mol. The second kappa shape index (κ2) is 18.3. The predicted molar refractivity (Wildman–Crippen MR) is 197 cm³/mol. The van der Waals surface area contributed by atoms with Crippen LogP contribution in [0.1, 0.15) is 0 Å². The molecule has 18 nitrogen and oxygen atoms in total. The fourth-order valence-corrected chi connectivity index (χ4v) is 6.72. The Morgan fingerprint density at radius 1 is 0.481 bits per heavy atom. The van der Waals surface area contributed by atoms with Crippen molar-refractivity contribution in [1.29, 1.82) is 0 Å². The molecule has 5 rings (SSSR count). The van der Waals surface area contributed by atoms with Crippen LogP contribution in [0, 0.1) is 0 Å². The molecule has 0 saturated heterocycles. The molecule has 0 atom stereocenters. The van der Waals surface area contributed by atoms with Crippen LogP contribution in [0.25, 0.3) is 21.5 Å². The van der Waals surface area contributed by atoms with Gasteiger partial charge in [-0.1, -0.05) is 6.07 Å². The number of benzene rings is 5. The molecule has 0 heterocycles. The van der Waals surface area contributed by atoms with E-state index in [4.69, 9.17) is 10.3 Å². The zero-order chi connectivity index (χ0) is 35.4. The van der Waals surface area contributed by atoms with Crippen LogP contribution in [0.5, 0.6) is 5.75 Å². The van der Waals surface area contributed by atoms with Crippen molar-refractivity contribution >= 4 is 209 Å². The van der Waals surface area contributed by atoms with E-state index in [-0.39, 0.29) is 162 Å². The molecular formula is C26H23N5Na4O13S4. The number of fused-ring (bicyclic) bond motifs is 2. The molecule has 0 saturated carbocycles. The molecule has 0 aliphatic heterocycles. The van der Waals surface area contributed by atoms with Crippen molar-refractivity contribution in [3.8, 4) is 5.75 Å². The van der Waals surface area contributed by atoms with Gasteiger partial charge in [-0.05, 0) is 72.1 Å². The van der Waals surface area contributed by atoms with E-state index in [1.165, 1.54) is 30.3 Å². The summed E-state index contributed by atoms with van der Waals surface area (Å²) in [5.74, 6) is -0.925. The van der Waals surface area contributed by atoms with Crippen molar-refractivity contribution in [3.63, 3.8) is 0 Å². The van der Waals surface area contributed by atoms with Gasteiger partial charge in [0.05, 0.1) is 32.5 Å². The second-order valence-corrected chi connectivity index (χ2v) is 15.4. The summed E-state index contributed by atoms with van der Waals surface area (Å²) in [5.41, 5.74) is 4.43. The molecule has 0 unspecified atom stereocenters. The molecule has 5 aromatic carbocycles. The van der Waals surface area contributed by atoms with Crippen LogP contribution >= 0.6 is 0 Å². The van der Waals surface area contributed by atoms with Gasteiger partial charge >= 0.3 is 118 Å². The number of phenols is 1. The molecule has 0 amide bonds. The van der Waals surface area contributed by atoms with Gasteiger partial charge in [0.1, 0.15) is 15.5 Å². The Morgan fingerprint density at radius 2 is 0.962 bits per heavy atom. The van der Waals surface area contributed by atoms with E-state index in [2.05, 4.69) is 20.5 Å². The number of anilines is 1. The summed E-state index contributed by atoms with van der Waals surface area (Å²) in [6.07, 6.45) is 0. The summed E-state index contributed by atoms with van der Waals surface area (Å²) in [7, 11) is -19.3. The predicted octanol–water partition coefficient (Wildman–Crippen LogP) is 2.50. The number of hydrogen-bond donors (Lipinski definition) is 6. The number of rotatable bonds is 8. The van der Waals surface area contributed by atoms with Crippen molar-refractivity contribution in [2.24, 2.45) is 20.5 Å². The fourth-order valence-electron chi connectivity index (χ4n) is 4.44. The molecule has 258 valence electrons. The number of nitrogen functional groups attached to an aromatic ring is 1. The van der Waals surface area contributed by atoms with E-state index >= 15 is 0 Å². The first-order valence-electron chi connectivity index (χ1n) is 12.6. The molecule has 0 aliphatic rings. The van der Waals surface area contributed by atoms with E-state index in [1.807, 2.05) is 0 Å². The Morgan fingerprint density at radius 3 is 1.48 bits per heavy atom. The maximum absolute atomic E-state index is 12.3. The van der Waals surface area contributed by atoms with Crippen molar-refractivity contribution in [2.45, 2.75) is 19.6 Å². The van der Waals surface area contributed by atoms with Crippen LogP contribution in [0.2, 0.25) is 0 Å². The zero-order valence-electron chi connectivity index (χ0n) is 23.4. The summed E-state index contributed by atoms with van der Waals surface area (Å²) in [4.78, 5) is -2.81. The van der Waals surface area contributed by atoms with Gasteiger partial charge in [-0.2, -0.15) is 38.8 Å². The first kappa shape index (κ1) is 49.1. The van der Waals surface area contributed by atoms with E-state index in [0.717, 1.165) is 42.5 Å². The first-order chi connectivity index (χ1) is 22.1. The monoisotopic (exact) mass is 833 g/mol. The number of hydrogen-bond acceptors (Lipinski definition) is 14. The molecule has 26 heteroatoms. The van der Waals surface area contributed by atoms with Crippen molar-refractivity contribution in [1.82, 2.24) is 0 Å². The SMILES string of the molecule is Nc1cc2c(O)c(N=Nc3ccc(N=Nc4ccc(S(=O)(=O)O)cc4)c4ccc(S(=O)(=O)O)cc34)c(S(=O)(=O)O)cc2cc1S(=O)(=O)O.[NaH].[NaH].[NaH].[NaH]. The topological polar surface area (TPSA) is 313 Å². The number of nitrogens with zero attached hydrogens (tertiary/aromatic N) is 4. The number of aromatic hydroxyl groups is 1. The van der Waals surface area contributed by atoms with Crippen molar-refractivity contribution < 1.29 is 57.0 Å².